The van der Waals surface area contributed by atoms with E-state index in [1.54, 1.807) is 0 Å². The van der Waals surface area contributed by atoms with Gasteiger partial charge >= 0.3 is 0 Å². The van der Waals surface area contributed by atoms with Crippen molar-refractivity contribution < 1.29 is 8.42 Å². The number of rotatable bonds is 4. The normalized spacial score (nSPS) is 11.6. The van der Waals surface area contributed by atoms with E-state index in [-0.39, 0.29) is 5.75 Å². The zero-order valence-electron chi connectivity index (χ0n) is 8.66. The van der Waals surface area contributed by atoms with Gasteiger partial charge in [0.1, 0.15) is 9.84 Å². The maximum atomic E-state index is 10.9. The summed E-state index contributed by atoms with van der Waals surface area (Å²) in [5.41, 5.74) is 2.44. The van der Waals surface area contributed by atoms with Crippen LogP contribution in [0.1, 0.15) is 17.5 Å². The summed E-state index contributed by atoms with van der Waals surface area (Å²) in [4.78, 5) is 0. The van der Waals surface area contributed by atoms with Crippen molar-refractivity contribution in [1.29, 1.82) is 0 Å². The summed E-state index contributed by atoms with van der Waals surface area (Å²) < 4.78 is 21.8. The third kappa shape index (κ3) is 4.42. The maximum Gasteiger partial charge on any atom is 0.147 e. The van der Waals surface area contributed by atoms with E-state index < -0.39 is 9.84 Å². The number of sulfone groups is 1. The first-order valence-corrected chi connectivity index (χ1v) is 6.77. The Morgan fingerprint density at radius 1 is 1.14 bits per heavy atom. The summed E-state index contributed by atoms with van der Waals surface area (Å²) in [6, 6.07) is 8.21. The molecule has 0 aliphatic heterocycles. The molecule has 0 unspecified atom stereocenters. The fourth-order valence-electron chi connectivity index (χ4n) is 1.29. The van der Waals surface area contributed by atoms with E-state index in [2.05, 4.69) is 24.3 Å². The van der Waals surface area contributed by atoms with Crippen molar-refractivity contribution in [2.24, 2.45) is 0 Å². The van der Waals surface area contributed by atoms with Gasteiger partial charge in [-0.2, -0.15) is 0 Å². The molecule has 0 aromatic heterocycles. The molecule has 1 rings (SSSR count). The van der Waals surface area contributed by atoms with Crippen LogP contribution in [0, 0.1) is 6.92 Å². The highest BCUT2D eigenvalue weighted by atomic mass is 32.2. The van der Waals surface area contributed by atoms with Crippen LogP contribution >= 0.6 is 0 Å². The predicted octanol–water partition coefficient (Wildman–Crippen LogP) is 1.97. The van der Waals surface area contributed by atoms with Gasteiger partial charge in [-0.3, -0.25) is 0 Å². The molecule has 3 heteroatoms. The molecule has 1 aromatic carbocycles. The van der Waals surface area contributed by atoms with Crippen LogP contribution in [0.4, 0.5) is 0 Å². The molecule has 0 atom stereocenters. The summed E-state index contributed by atoms with van der Waals surface area (Å²) in [5, 5.41) is 0. The minimum Gasteiger partial charge on any atom is -0.229 e. The molecule has 0 radical (unpaired) electrons. The Kier molecular flexibility index (Phi) is 3.69. The molecular weight excluding hydrogens is 196 g/mol. The first-order valence-electron chi connectivity index (χ1n) is 4.71. The highest BCUT2D eigenvalue weighted by molar-refractivity contribution is 7.90. The fraction of sp³-hybridized carbons (Fsp3) is 0.455. The topological polar surface area (TPSA) is 34.1 Å². The van der Waals surface area contributed by atoms with E-state index in [1.807, 2.05) is 6.92 Å². The lowest BCUT2D eigenvalue weighted by atomic mass is 10.1. The standard InChI is InChI=1S/C11H16O2S/c1-10-5-7-11(8-6-10)4-3-9-14(2,12)13/h5-8H,3-4,9H2,1-2H3. The molecule has 0 N–H and O–H groups in total. The molecule has 0 bridgehead atoms. The highest BCUT2D eigenvalue weighted by Crippen LogP contribution is 2.06. The van der Waals surface area contributed by atoms with Gasteiger partial charge in [0, 0.05) is 6.26 Å². The smallest absolute Gasteiger partial charge is 0.147 e. The fourth-order valence-corrected chi connectivity index (χ4v) is 1.96. The molecular formula is C11H16O2S. The second kappa shape index (κ2) is 4.60. The molecule has 0 aliphatic carbocycles. The Balaban J connectivity index is 2.43. The number of benzene rings is 1. The van der Waals surface area contributed by atoms with Gasteiger partial charge in [-0.1, -0.05) is 29.8 Å². The average Bonchev–Trinajstić information content (AvgIpc) is 2.06. The van der Waals surface area contributed by atoms with Crippen LogP contribution in [0.3, 0.4) is 0 Å². The predicted molar refractivity (Wildman–Crippen MR) is 59.2 cm³/mol. The van der Waals surface area contributed by atoms with Crippen molar-refractivity contribution in [3.63, 3.8) is 0 Å². The van der Waals surface area contributed by atoms with Crippen molar-refractivity contribution >= 4 is 9.84 Å². The van der Waals surface area contributed by atoms with E-state index in [0.29, 0.717) is 6.42 Å². The van der Waals surface area contributed by atoms with Crippen molar-refractivity contribution in [1.82, 2.24) is 0 Å². The van der Waals surface area contributed by atoms with Crippen LogP contribution in [-0.2, 0) is 16.3 Å². The second-order valence-corrected chi connectivity index (χ2v) is 5.98. The third-order valence-corrected chi connectivity index (χ3v) is 3.13. The number of hydrogen-bond donors (Lipinski definition) is 0. The summed E-state index contributed by atoms with van der Waals surface area (Å²) in [6.45, 7) is 2.04. The van der Waals surface area contributed by atoms with Crippen molar-refractivity contribution in [2.75, 3.05) is 12.0 Å². The second-order valence-electron chi connectivity index (χ2n) is 3.72. The molecule has 1 aromatic rings. The molecule has 0 spiro atoms. The van der Waals surface area contributed by atoms with E-state index in [1.165, 1.54) is 17.4 Å². The molecule has 78 valence electrons. The number of hydrogen-bond acceptors (Lipinski definition) is 2. The van der Waals surface area contributed by atoms with Crippen molar-refractivity contribution in [2.45, 2.75) is 19.8 Å². The van der Waals surface area contributed by atoms with Gasteiger partial charge in [0.15, 0.2) is 0 Å². The summed E-state index contributed by atoms with van der Waals surface area (Å²) >= 11 is 0. The van der Waals surface area contributed by atoms with Gasteiger partial charge < -0.3 is 0 Å². The summed E-state index contributed by atoms with van der Waals surface area (Å²) in [6.07, 6.45) is 2.83. The van der Waals surface area contributed by atoms with Crippen LogP contribution in [0.2, 0.25) is 0 Å². The molecule has 0 heterocycles. The Labute approximate surface area is 85.9 Å². The molecule has 0 amide bonds. The minimum atomic E-state index is -2.80. The quantitative estimate of drug-likeness (QED) is 0.764. The molecule has 0 saturated heterocycles. The van der Waals surface area contributed by atoms with Gasteiger partial charge in [0.05, 0.1) is 5.75 Å². The molecule has 2 nitrogen and oxygen atoms in total. The zero-order valence-corrected chi connectivity index (χ0v) is 9.47. The lowest BCUT2D eigenvalue weighted by Crippen LogP contribution is -2.03. The van der Waals surface area contributed by atoms with Crippen molar-refractivity contribution in [3.05, 3.63) is 35.4 Å². The minimum absolute atomic E-state index is 0.279. The van der Waals surface area contributed by atoms with E-state index >= 15 is 0 Å². The zero-order chi connectivity index (χ0) is 10.6. The average molecular weight is 212 g/mol. The molecule has 0 saturated carbocycles. The van der Waals surface area contributed by atoms with Crippen LogP contribution in [0.5, 0.6) is 0 Å². The van der Waals surface area contributed by atoms with Crippen LogP contribution in [0.25, 0.3) is 0 Å². The number of aryl methyl sites for hydroxylation is 2. The van der Waals surface area contributed by atoms with Gasteiger partial charge in [-0.15, -0.1) is 0 Å². The van der Waals surface area contributed by atoms with Crippen LogP contribution < -0.4 is 0 Å². The maximum absolute atomic E-state index is 10.9. The van der Waals surface area contributed by atoms with E-state index in [0.717, 1.165) is 6.42 Å². The van der Waals surface area contributed by atoms with Crippen molar-refractivity contribution in [3.8, 4) is 0 Å². The SMILES string of the molecule is Cc1ccc(CCCS(C)(=O)=O)cc1. The first kappa shape index (κ1) is 11.2. The van der Waals surface area contributed by atoms with E-state index in [4.69, 9.17) is 0 Å². The summed E-state index contributed by atoms with van der Waals surface area (Å²) in [5.74, 6) is 0.279. The Bertz CT molecular complexity index is 376. The first-order chi connectivity index (χ1) is 6.47. The third-order valence-electron chi connectivity index (χ3n) is 2.10. The lowest BCUT2D eigenvalue weighted by Gasteiger charge is -2.01. The van der Waals surface area contributed by atoms with Gasteiger partial charge in [-0.25, -0.2) is 8.42 Å². The van der Waals surface area contributed by atoms with Gasteiger partial charge in [0.25, 0.3) is 0 Å². The van der Waals surface area contributed by atoms with E-state index in [9.17, 15) is 8.42 Å². The van der Waals surface area contributed by atoms with Crippen LogP contribution in [0.15, 0.2) is 24.3 Å². The molecule has 0 fully saturated rings. The Morgan fingerprint density at radius 3 is 2.21 bits per heavy atom. The van der Waals surface area contributed by atoms with Gasteiger partial charge in [-0.05, 0) is 25.3 Å². The Hall–Kier alpha value is -0.830. The monoisotopic (exact) mass is 212 g/mol. The molecule has 0 aliphatic rings. The lowest BCUT2D eigenvalue weighted by molar-refractivity contribution is 0.599. The van der Waals surface area contributed by atoms with Gasteiger partial charge in [0.2, 0.25) is 0 Å². The summed E-state index contributed by atoms with van der Waals surface area (Å²) in [7, 11) is -2.80. The van der Waals surface area contributed by atoms with Crippen LogP contribution in [-0.4, -0.2) is 20.4 Å². The molecule has 14 heavy (non-hydrogen) atoms. The Morgan fingerprint density at radius 2 is 1.71 bits per heavy atom. The largest absolute Gasteiger partial charge is 0.229 e. The highest BCUT2D eigenvalue weighted by Gasteiger charge is 2.01.